The van der Waals surface area contributed by atoms with E-state index in [0.29, 0.717) is 5.88 Å². The van der Waals surface area contributed by atoms with Gasteiger partial charge in [0.05, 0.1) is 0 Å². The van der Waals surface area contributed by atoms with Gasteiger partial charge in [-0.2, -0.15) is 0 Å². The molecule has 2 aromatic rings. The first-order valence-electron chi connectivity index (χ1n) is 5.43. The molecule has 2 nitrogen and oxygen atoms in total. The van der Waals surface area contributed by atoms with E-state index in [2.05, 4.69) is 20.9 Å². The van der Waals surface area contributed by atoms with Crippen LogP contribution in [0.5, 0.6) is 11.6 Å². The smallest absolute Gasteiger partial charge is 0.219 e. The fraction of sp³-hybridized carbons (Fsp3) is 0.214. The number of nitrogens with zero attached hydrogens (tertiary/aromatic N) is 1. The zero-order chi connectivity index (χ0) is 12.4. The van der Waals surface area contributed by atoms with Crippen molar-refractivity contribution in [3.8, 4) is 11.6 Å². The molecule has 1 aromatic heterocycles. The molecule has 0 fully saturated rings. The quantitative estimate of drug-likeness (QED) is 0.809. The van der Waals surface area contributed by atoms with Crippen LogP contribution >= 0.6 is 15.9 Å². The van der Waals surface area contributed by atoms with Crippen LogP contribution in [0.25, 0.3) is 0 Å². The number of pyridine rings is 1. The largest absolute Gasteiger partial charge is 0.439 e. The SMILES string of the molecule is Cc1ccnc(Oc2cc(C)c(Br)c(C)c2)c1. The second kappa shape index (κ2) is 4.88. The van der Waals surface area contributed by atoms with Gasteiger partial charge in [0.1, 0.15) is 5.75 Å². The molecule has 0 aliphatic carbocycles. The Bertz CT molecular complexity index is 529. The third-order valence-corrected chi connectivity index (χ3v) is 3.77. The molecule has 3 heteroatoms. The number of ether oxygens (including phenoxy) is 1. The van der Waals surface area contributed by atoms with E-state index in [-0.39, 0.29) is 0 Å². The Morgan fingerprint density at radius 1 is 1.06 bits per heavy atom. The third kappa shape index (κ3) is 2.86. The Balaban J connectivity index is 2.31. The highest BCUT2D eigenvalue weighted by molar-refractivity contribution is 9.10. The van der Waals surface area contributed by atoms with Crippen molar-refractivity contribution in [1.82, 2.24) is 4.98 Å². The van der Waals surface area contributed by atoms with Crippen LogP contribution in [0.1, 0.15) is 16.7 Å². The summed E-state index contributed by atoms with van der Waals surface area (Å²) in [6.45, 7) is 6.12. The van der Waals surface area contributed by atoms with Gasteiger partial charge in [0.15, 0.2) is 0 Å². The van der Waals surface area contributed by atoms with Gasteiger partial charge in [0.2, 0.25) is 5.88 Å². The molecule has 0 saturated carbocycles. The zero-order valence-electron chi connectivity index (χ0n) is 10.1. The van der Waals surface area contributed by atoms with Gasteiger partial charge in [0, 0.05) is 16.7 Å². The predicted octanol–water partition coefficient (Wildman–Crippen LogP) is 4.56. The molecule has 2 rings (SSSR count). The van der Waals surface area contributed by atoms with Crippen LogP contribution in [-0.2, 0) is 0 Å². The van der Waals surface area contributed by atoms with Gasteiger partial charge in [-0.1, -0.05) is 15.9 Å². The number of aromatic nitrogens is 1. The minimum Gasteiger partial charge on any atom is -0.439 e. The Morgan fingerprint density at radius 3 is 2.29 bits per heavy atom. The second-order valence-corrected chi connectivity index (χ2v) is 4.94. The highest BCUT2D eigenvalue weighted by Gasteiger charge is 2.04. The molecule has 17 heavy (non-hydrogen) atoms. The summed E-state index contributed by atoms with van der Waals surface area (Å²) in [5.74, 6) is 1.45. The van der Waals surface area contributed by atoms with E-state index >= 15 is 0 Å². The third-order valence-electron chi connectivity index (χ3n) is 2.52. The molecule has 0 atom stereocenters. The Kier molecular flexibility index (Phi) is 3.48. The lowest BCUT2D eigenvalue weighted by Gasteiger charge is -2.09. The van der Waals surface area contributed by atoms with E-state index in [4.69, 9.17) is 4.74 Å². The first-order chi connectivity index (χ1) is 8.06. The molecule has 0 saturated heterocycles. The van der Waals surface area contributed by atoms with E-state index in [0.717, 1.165) is 26.9 Å². The predicted molar refractivity (Wildman–Crippen MR) is 72.7 cm³/mol. The topological polar surface area (TPSA) is 22.1 Å². The maximum Gasteiger partial charge on any atom is 0.219 e. The van der Waals surface area contributed by atoms with Gasteiger partial charge in [-0.15, -0.1) is 0 Å². The van der Waals surface area contributed by atoms with Crippen molar-refractivity contribution in [2.24, 2.45) is 0 Å². The fourth-order valence-corrected chi connectivity index (χ4v) is 1.88. The molecule has 0 amide bonds. The van der Waals surface area contributed by atoms with Gasteiger partial charge in [-0.05, 0) is 55.7 Å². The summed E-state index contributed by atoms with van der Waals surface area (Å²) in [5.41, 5.74) is 3.46. The van der Waals surface area contributed by atoms with E-state index in [1.165, 1.54) is 0 Å². The maximum absolute atomic E-state index is 5.74. The van der Waals surface area contributed by atoms with Gasteiger partial charge in [0.25, 0.3) is 0 Å². The van der Waals surface area contributed by atoms with Crippen molar-refractivity contribution in [2.75, 3.05) is 0 Å². The average molecular weight is 292 g/mol. The van der Waals surface area contributed by atoms with E-state index in [1.807, 2.05) is 45.0 Å². The molecule has 0 spiro atoms. The Morgan fingerprint density at radius 2 is 1.71 bits per heavy atom. The van der Waals surface area contributed by atoms with Crippen LogP contribution in [0, 0.1) is 20.8 Å². The molecule has 0 aliphatic rings. The summed E-state index contributed by atoms with van der Waals surface area (Å²) in [6, 6.07) is 7.87. The lowest BCUT2D eigenvalue weighted by atomic mass is 10.1. The van der Waals surface area contributed by atoms with Crippen LogP contribution in [0.3, 0.4) is 0 Å². The summed E-state index contributed by atoms with van der Waals surface area (Å²) in [4.78, 5) is 4.18. The number of hydrogen-bond donors (Lipinski definition) is 0. The van der Waals surface area contributed by atoms with Crippen molar-refractivity contribution >= 4 is 15.9 Å². The second-order valence-electron chi connectivity index (χ2n) is 4.14. The van der Waals surface area contributed by atoms with Crippen LogP contribution in [-0.4, -0.2) is 4.98 Å². The number of hydrogen-bond acceptors (Lipinski definition) is 2. The molecule has 1 aromatic carbocycles. The summed E-state index contributed by atoms with van der Waals surface area (Å²) in [5, 5.41) is 0. The lowest BCUT2D eigenvalue weighted by molar-refractivity contribution is 0.461. The molecule has 0 radical (unpaired) electrons. The number of aryl methyl sites for hydroxylation is 3. The van der Waals surface area contributed by atoms with Crippen LogP contribution < -0.4 is 4.74 Å². The fourth-order valence-electron chi connectivity index (χ4n) is 1.65. The highest BCUT2D eigenvalue weighted by Crippen LogP contribution is 2.28. The van der Waals surface area contributed by atoms with Crippen molar-refractivity contribution in [3.05, 3.63) is 51.6 Å². The first-order valence-corrected chi connectivity index (χ1v) is 6.23. The highest BCUT2D eigenvalue weighted by atomic mass is 79.9. The van der Waals surface area contributed by atoms with Crippen LogP contribution in [0.4, 0.5) is 0 Å². The van der Waals surface area contributed by atoms with E-state index in [9.17, 15) is 0 Å². The minimum atomic E-state index is 0.631. The summed E-state index contributed by atoms with van der Waals surface area (Å²) >= 11 is 3.54. The first kappa shape index (κ1) is 12.1. The van der Waals surface area contributed by atoms with Crippen molar-refractivity contribution in [2.45, 2.75) is 20.8 Å². The summed E-state index contributed by atoms with van der Waals surface area (Å²) in [7, 11) is 0. The van der Waals surface area contributed by atoms with E-state index < -0.39 is 0 Å². The van der Waals surface area contributed by atoms with Crippen molar-refractivity contribution in [3.63, 3.8) is 0 Å². The van der Waals surface area contributed by atoms with Gasteiger partial charge >= 0.3 is 0 Å². The van der Waals surface area contributed by atoms with E-state index in [1.54, 1.807) is 6.20 Å². The van der Waals surface area contributed by atoms with Gasteiger partial charge < -0.3 is 4.74 Å². The number of benzene rings is 1. The minimum absolute atomic E-state index is 0.631. The Labute approximate surface area is 110 Å². The molecular weight excluding hydrogens is 278 g/mol. The molecule has 1 heterocycles. The summed E-state index contributed by atoms with van der Waals surface area (Å²) < 4.78 is 6.87. The van der Waals surface area contributed by atoms with Gasteiger partial charge in [-0.25, -0.2) is 4.98 Å². The lowest BCUT2D eigenvalue weighted by Crippen LogP contribution is -1.90. The Hall–Kier alpha value is -1.35. The monoisotopic (exact) mass is 291 g/mol. The van der Waals surface area contributed by atoms with Gasteiger partial charge in [-0.3, -0.25) is 0 Å². The normalized spacial score (nSPS) is 10.4. The molecule has 0 N–H and O–H groups in total. The molecule has 0 unspecified atom stereocenters. The zero-order valence-corrected chi connectivity index (χ0v) is 11.7. The number of halogens is 1. The van der Waals surface area contributed by atoms with Crippen molar-refractivity contribution < 1.29 is 4.74 Å². The van der Waals surface area contributed by atoms with Crippen LogP contribution in [0.15, 0.2) is 34.9 Å². The van der Waals surface area contributed by atoms with Crippen molar-refractivity contribution in [1.29, 1.82) is 0 Å². The number of rotatable bonds is 2. The molecule has 0 bridgehead atoms. The standard InChI is InChI=1S/C14H14BrNO/c1-9-4-5-16-13(6-9)17-12-7-10(2)14(15)11(3)8-12/h4-8H,1-3H3. The molecule has 88 valence electrons. The maximum atomic E-state index is 5.74. The molecular formula is C14H14BrNO. The average Bonchev–Trinajstić information content (AvgIpc) is 2.26. The molecule has 0 aliphatic heterocycles. The summed E-state index contributed by atoms with van der Waals surface area (Å²) in [6.07, 6.45) is 1.75. The van der Waals surface area contributed by atoms with Crippen LogP contribution in [0.2, 0.25) is 0 Å².